The van der Waals surface area contributed by atoms with E-state index in [0.29, 0.717) is 0 Å². The molecule has 0 atom stereocenters. The van der Waals surface area contributed by atoms with Gasteiger partial charge in [0.2, 0.25) is 0 Å². The van der Waals surface area contributed by atoms with E-state index in [1.807, 2.05) is 0 Å². The van der Waals surface area contributed by atoms with Crippen molar-refractivity contribution in [1.29, 1.82) is 0 Å². The molecule has 0 fully saturated rings. The highest BCUT2D eigenvalue weighted by molar-refractivity contribution is 7.92. The Kier molecular flexibility index (Phi) is 3.58. The smallest absolute Gasteiger partial charge is 0.258 e. The van der Waals surface area contributed by atoms with E-state index in [0.717, 1.165) is 18.2 Å². The lowest BCUT2D eigenvalue weighted by Crippen LogP contribution is -2.14. The molecule has 0 saturated carbocycles. The molecule has 10 nitrogen and oxygen atoms in total. The Hall–Kier alpha value is -2.79. The van der Waals surface area contributed by atoms with Crippen LogP contribution in [0, 0.1) is 10.1 Å². The molecule has 1 N–H and O–H groups in total. The molecule has 0 aliphatic carbocycles. The van der Waals surface area contributed by atoms with Gasteiger partial charge >= 0.3 is 0 Å². The Morgan fingerprint density at radius 2 is 2.13 bits per heavy atom. The molecule has 12 heteroatoms. The Labute approximate surface area is 134 Å². The molecular weight excluding hydrogens is 348 g/mol. The lowest BCUT2D eigenvalue weighted by molar-refractivity contribution is -0.384. The number of nitrogens with zero attached hydrogens (tertiary/aromatic N) is 5. The number of aromatic nitrogens is 4. The number of halogens is 1. The molecule has 0 saturated heterocycles. The van der Waals surface area contributed by atoms with E-state index in [2.05, 4.69) is 19.8 Å². The molecule has 0 bridgehead atoms. The topological polar surface area (TPSA) is 132 Å². The molecule has 2 heterocycles. The van der Waals surface area contributed by atoms with E-state index in [4.69, 9.17) is 11.6 Å². The summed E-state index contributed by atoms with van der Waals surface area (Å²) in [6.45, 7) is 0. The summed E-state index contributed by atoms with van der Waals surface area (Å²) in [6, 6.07) is 4.64. The van der Waals surface area contributed by atoms with Gasteiger partial charge in [0.15, 0.2) is 0 Å². The highest BCUT2D eigenvalue weighted by atomic mass is 35.5. The molecule has 3 rings (SSSR count). The fourth-order valence-corrected chi connectivity index (χ4v) is 3.25. The second-order valence-corrected chi connectivity index (χ2v) is 6.34. The van der Waals surface area contributed by atoms with Crippen LogP contribution in [0.3, 0.4) is 0 Å². The van der Waals surface area contributed by atoms with Crippen molar-refractivity contribution in [3.05, 3.63) is 51.8 Å². The number of hydrogen-bond donors (Lipinski definition) is 1. The van der Waals surface area contributed by atoms with Gasteiger partial charge in [0.25, 0.3) is 27.4 Å². The molecule has 2 aromatic heterocycles. The predicted octanol–water partition coefficient (Wildman–Crippen LogP) is 1.49. The van der Waals surface area contributed by atoms with Gasteiger partial charge in [-0.1, -0.05) is 11.6 Å². The van der Waals surface area contributed by atoms with E-state index < -0.39 is 14.9 Å². The Morgan fingerprint density at radius 1 is 1.35 bits per heavy atom. The van der Waals surface area contributed by atoms with E-state index in [-0.39, 0.29) is 27.3 Å². The van der Waals surface area contributed by atoms with Crippen LogP contribution in [0.1, 0.15) is 0 Å². The number of fused-ring (bicyclic) bond motifs is 1. The average molecular weight is 355 g/mol. The molecule has 3 aromatic rings. The molecule has 0 spiro atoms. The SMILES string of the molecule is O=[N+]([O-])c1ccc(S(=O)(=O)Nc2nc3ncccn3n2)c(Cl)c1. The minimum atomic E-state index is -4.10. The summed E-state index contributed by atoms with van der Waals surface area (Å²) in [7, 11) is -4.10. The minimum absolute atomic E-state index is 0.196. The lowest BCUT2D eigenvalue weighted by Gasteiger charge is -2.06. The third-order valence-electron chi connectivity index (χ3n) is 2.76. The number of non-ortho nitro benzene ring substituents is 1. The van der Waals surface area contributed by atoms with E-state index in [1.54, 1.807) is 12.3 Å². The van der Waals surface area contributed by atoms with Gasteiger partial charge in [0.05, 0.1) is 9.95 Å². The van der Waals surface area contributed by atoms with E-state index in [9.17, 15) is 18.5 Å². The van der Waals surface area contributed by atoms with Gasteiger partial charge in [0.1, 0.15) is 4.90 Å². The maximum Gasteiger partial charge on any atom is 0.271 e. The first-order chi connectivity index (χ1) is 10.9. The third-order valence-corrected chi connectivity index (χ3v) is 4.57. The maximum absolute atomic E-state index is 12.3. The number of rotatable bonds is 4. The van der Waals surface area contributed by atoms with Crippen LogP contribution in [0.15, 0.2) is 41.6 Å². The number of sulfonamides is 1. The quantitative estimate of drug-likeness (QED) is 0.554. The summed E-state index contributed by atoms with van der Waals surface area (Å²) in [5.74, 6) is 0.0121. The van der Waals surface area contributed by atoms with Crippen molar-refractivity contribution in [2.24, 2.45) is 0 Å². The number of hydrogen-bond acceptors (Lipinski definition) is 7. The Balaban J connectivity index is 1.96. The van der Waals surface area contributed by atoms with Crippen LogP contribution in [-0.4, -0.2) is 32.9 Å². The van der Waals surface area contributed by atoms with Crippen molar-refractivity contribution < 1.29 is 13.3 Å². The second-order valence-electron chi connectivity index (χ2n) is 4.28. The number of anilines is 1. The molecule has 0 aliphatic heterocycles. The van der Waals surface area contributed by atoms with Gasteiger partial charge in [-0.3, -0.25) is 10.1 Å². The largest absolute Gasteiger partial charge is 0.271 e. The van der Waals surface area contributed by atoms with Gasteiger partial charge in [0, 0.05) is 24.5 Å². The number of nitrogens with one attached hydrogen (secondary N) is 1. The number of nitro benzene ring substituents is 1. The number of benzene rings is 1. The van der Waals surface area contributed by atoms with Crippen molar-refractivity contribution in [2.45, 2.75) is 4.90 Å². The molecule has 118 valence electrons. The number of nitro groups is 1. The summed E-state index contributed by atoms with van der Waals surface area (Å²) >= 11 is 5.82. The van der Waals surface area contributed by atoms with Crippen molar-refractivity contribution in [1.82, 2.24) is 19.6 Å². The first-order valence-electron chi connectivity index (χ1n) is 6.01. The summed E-state index contributed by atoms with van der Waals surface area (Å²) in [5.41, 5.74) is -0.316. The molecular formula is C11H7ClN6O4S. The molecule has 23 heavy (non-hydrogen) atoms. The fraction of sp³-hybridized carbons (Fsp3) is 0. The van der Waals surface area contributed by atoms with Gasteiger partial charge < -0.3 is 0 Å². The van der Waals surface area contributed by atoms with Gasteiger partial charge in [-0.25, -0.2) is 22.6 Å². The fourth-order valence-electron chi connectivity index (χ4n) is 1.77. The highest BCUT2D eigenvalue weighted by Crippen LogP contribution is 2.27. The van der Waals surface area contributed by atoms with Crippen LogP contribution in [0.5, 0.6) is 0 Å². The monoisotopic (exact) mass is 354 g/mol. The summed E-state index contributed by atoms with van der Waals surface area (Å²) < 4.78 is 28.0. The van der Waals surface area contributed by atoms with Crippen LogP contribution in [-0.2, 0) is 10.0 Å². The van der Waals surface area contributed by atoms with E-state index in [1.165, 1.54) is 10.7 Å². The molecule has 0 unspecified atom stereocenters. The molecule has 0 aliphatic rings. The summed E-state index contributed by atoms with van der Waals surface area (Å²) in [5, 5.41) is 14.3. The zero-order valence-electron chi connectivity index (χ0n) is 11.1. The molecule has 0 radical (unpaired) electrons. The first kappa shape index (κ1) is 15.1. The minimum Gasteiger partial charge on any atom is -0.258 e. The van der Waals surface area contributed by atoms with Crippen molar-refractivity contribution in [2.75, 3.05) is 4.72 Å². The highest BCUT2D eigenvalue weighted by Gasteiger charge is 2.22. The zero-order chi connectivity index (χ0) is 16.6. The summed E-state index contributed by atoms with van der Waals surface area (Å²) in [4.78, 5) is 17.5. The predicted molar refractivity (Wildman–Crippen MR) is 79.7 cm³/mol. The maximum atomic E-state index is 12.3. The molecule has 0 amide bonds. The Morgan fingerprint density at radius 3 is 2.78 bits per heavy atom. The zero-order valence-corrected chi connectivity index (χ0v) is 12.7. The van der Waals surface area contributed by atoms with Crippen LogP contribution in [0.2, 0.25) is 5.02 Å². The average Bonchev–Trinajstić information content (AvgIpc) is 2.87. The van der Waals surface area contributed by atoms with Gasteiger partial charge in [-0.2, -0.15) is 4.98 Å². The molecule has 1 aromatic carbocycles. The van der Waals surface area contributed by atoms with Gasteiger partial charge in [-0.05, 0) is 12.1 Å². The van der Waals surface area contributed by atoms with Crippen molar-refractivity contribution >= 4 is 39.0 Å². The van der Waals surface area contributed by atoms with Gasteiger partial charge in [-0.15, -0.1) is 5.10 Å². The summed E-state index contributed by atoms with van der Waals surface area (Å²) in [6.07, 6.45) is 3.03. The van der Waals surface area contributed by atoms with Crippen molar-refractivity contribution in [3.8, 4) is 0 Å². The third kappa shape index (κ3) is 2.91. The van der Waals surface area contributed by atoms with Crippen molar-refractivity contribution in [3.63, 3.8) is 0 Å². The van der Waals surface area contributed by atoms with Crippen LogP contribution < -0.4 is 4.72 Å². The second kappa shape index (κ2) is 5.44. The van der Waals surface area contributed by atoms with Crippen LogP contribution in [0.4, 0.5) is 11.6 Å². The van der Waals surface area contributed by atoms with E-state index >= 15 is 0 Å². The van der Waals surface area contributed by atoms with Crippen LogP contribution >= 0.6 is 11.6 Å². The van der Waals surface area contributed by atoms with Crippen LogP contribution in [0.25, 0.3) is 5.78 Å². The Bertz CT molecular complexity index is 985. The lowest BCUT2D eigenvalue weighted by atomic mass is 10.3. The normalized spacial score (nSPS) is 11.5. The standard InChI is InChI=1S/C11H7ClN6O4S/c12-8-6-7(18(19)20)2-3-9(8)23(21,22)16-10-14-11-13-4-1-5-17(11)15-10/h1-6H,(H,15,16). The first-order valence-corrected chi connectivity index (χ1v) is 7.87.